The van der Waals surface area contributed by atoms with Crippen LogP contribution in [0.15, 0.2) is 11.3 Å². The Hall–Kier alpha value is -1.39. The normalized spacial score (nSPS) is 18.1. The maximum Gasteiger partial charge on any atom is 0.137 e. The van der Waals surface area contributed by atoms with Gasteiger partial charge in [0.2, 0.25) is 0 Å². The van der Waals surface area contributed by atoms with Crippen LogP contribution < -0.4 is 5.73 Å². The number of aryl methyl sites for hydroxylation is 1. The van der Waals surface area contributed by atoms with Gasteiger partial charge in [-0.15, -0.1) is 0 Å². The van der Waals surface area contributed by atoms with Crippen LogP contribution in [-0.2, 0) is 6.42 Å². The summed E-state index contributed by atoms with van der Waals surface area (Å²) >= 11 is 0. The molecule has 1 aliphatic carbocycles. The van der Waals surface area contributed by atoms with Crippen LogP contribution in [0, 0.1) is 5.92 Å². The summed E-state index contributed by atoms with van der Waals surface area (Å²) < 4.78 is 0. The molecule has 0 unspecified atom stereocenters. The molecule has 0 saturated heterocycles. The lowest BCUT2D eigenvalue weighted by Gasteiger charge is -2.07. The zero-order valence-electron chi connectivity index (χ0n) is 9.52. The van der Waals surface area contributed by atoms with Crippen molar-refractivity contribution in [3.8, 4) is 0 Å². The van der Waals surface area contributed by atoms with Crippen molar-refractivity contribution in [2.75, 3.05) is 6.54 Å². The van der Waals surface area contributed by atoms with Gasteiger partial charge >= 0.3 is 0 Å². The van der Waals surface area contributed by atoms with E-state index in [1.165, 1.54) is 32.0 Å². The molecule has 88 valence electrons. The molecule has 1 fully saturated rings. The summed E-state index contributed by atoms with van der Waals surface area (Å²) in [5.74, 6) is 2.33. The molecule has 1 aromatic rings. The lowest BCUT2D eigenvalue weighted by Crippen LogP contribution is -2.21. The average Bonchev–Trinajstić information content (AvgIpc) is 2.96. The summed E-state index contributed by atoms with van der Waals surface area (Å²) in [6.45, 7) is 0.795. The van der Waals surface area contributed by atoms with Crippen LogP contribution >= 0.6 is 0 Å². The van der Waals surface area contributed by atoms with Crippen LogP contribution in [0.5, 0.6) is 0 Å². The molecule has 0 bridgehead atoms. The van der Waals surface area contributed by atoms with Crippen molar-refractivity contribution in [3.63, 3.8) is 0 Å². The summed E-state index contributed by atoms with van der Waals surface area (Å²) in [6.07, 6.45) is 8.45. The first-order valence-electron chi connectivity index (χ1n) is 6.00. The number of hydrogen-bond acceptors (Lipinski definition) is 3. The molecular formula is C11H19N5. The third-order valence-electron chi connectivity index (χ3n) is 3.10. The molecule has 1 aliphatic rings. The predicted octanol–water partition coefficient (Wildman–Crippen LogP) is 1.28. The molecule has 16 heavy (non-hydrogen) atoms. The summed E-state index contributed by atoms with van der Waals surface area (Å²) in [6, 6.07) is 0. The van der Waals surface area contributed by atoms with Crippen molar-refractivity contribution in [2.24, 2.45) is 16.6 Å². The van der Waals surface area contributed by atoms with Crippen molar-refractivity contribution in [3.05, 3.63) is 12.2 Å². The third kappa shape index (κ3) is 3.05. The van der Waals surface area contributed by atoms with Crippen molar-refractivity contribution < 1.29 is 0 Å². The molecular weight excluding hydrogens is 202 g/mol. The number of aromatic amines is 1. The second-order valence-corrected chi connectivity index (χ2v) is 4.32. The number of hydrogen-bond donors (Lipinski definition) is 2. The van der Waals surface area contributed by atoms with Gasteiger partial charge in [-0.3, -0.25) is 10.1 Å². The Kier molecular flexibility index (Phi) is 3.91. The van der Waals surface area contributed by atoms with Crippen LogP contribution in [0.25, 0.3) is 0 Å². The molecule has 3 N–H and O–H groups in total. The molecule has 5 nitrogen and oxygen atoms in total. The van der Waals surface area contributed by atoms with Crippen molar-refractivity contribution in [1.82, 2.24) is 15.2 Å². The highest BCUT2D eigenvalue weighted by atomic mass is 15.2. The summed E-state index contributed by atoms with van der Waals surface area (Å²) in [7, 11) is 0. The maximum atomic E-state index is 5.95. The summed E-state index contributed by atoms with van der Waals surface area (Å²) in [4.78, 5) is 8.50. The van der Waals surface area contributed by atoms with E-state index < -0.39 is 0 Å². The molecule has 1 aromatic heterocycles. The van der Waals surface area contributed by atoms with E-state index in [0.717, 1.165) is 31.0 Å². The number of rotatable bonds is 5. The number of amidine groups is 1. The van der Waals surface area contributed by atoms with Crippen LogP contribution in [-0.4, -0.2) is 27.6 Å². The fourth-order valence-electron chi connectivity index (χ4n) is 2.16. The number of aliphatic imine (C=N–C) groups is 1. The molecule has 0 atom stereocenters. The molecule has 0 spiro atoms. The van der Waals surface area contributed by atoms with E-state index in [9.17, 15) is 0 Å². The Bertz CT molecular complexity index is 324. The molecule has 0 aromatic carbocycles. The summed E-state index contributed by atoms with van der Waals surface area (Å²) in [5, 5.41) is 6.64. The van der Waals surface area contributed by atoms with Gasteiger partial charge < -0.3 is 5.73 Å². The van der Waals surface area contributed by atoms with Crippen molar-refractivity contribution >= 4 is 5.84 Å². The van der Waals surface area contributed by atoms with Gasteiger partial charge in [0.25, 0.3) is 0 Å². The highest BCUT2D eigenvalue weighted by molar-refractivity contribution is 5.83. The van der Waals surface area contributed by atoms with Gasteiger partial charge in [-0.25, -0.2) is 4.98 Å². The quantitative estimate of drug-likeness (QED) is 0.446. The zero-order chi connectivity index (χ0) is 11.2. The van der Waals surface area contributed by atoms with Gasteiger partial charge in [0.05, 0.1) is 5.84 Å². The maximum absolute atomic E-state index is 5.95. The molecule has 0 amide bonds. The van der Waals surface area contributed by atoms with Crippen LogP contribution in [0.3, 0.4) is 0 Å². The summed E-state index contributed by atoms with van der Waals surface area (Å²) in [5.41, 5.74) is 5.95. The highest BCUT2D eigenvalue weighted by Crippen LogP contribution is 2.24. The molecule has 2 rings (SSSR count). The topological polar surface area (TPSA) is 79.9 Å². The van der Waals surface area contributed by atoms with E-state index in [0.29, 0.717) is 5.92 Å². The Labute approximate surface area is 95.6 Å². The Morgan fingerprint density at radius 1 is 1.50 bits per heavy atom. The van der Waals surface area contributed by atoms with Crippen LogP contribution in [0.1, 0.15) is 37.9 Å². The lowest BCUT2D eigenvalue weighted by molar-refractivity contribution is 0.707. The monoisotopic (exact) mass is 221 g/mol. The fraction of sp³-hybridized carbons (Fsp3) is 0.727. The van der Waals surface area contributed by atoms with Gasteiger partial charge in [-0.05, 0) is 19.3 Å². The van der Waals surface area contributed by atoms with E-state index in [2.05, 4.69) is 20.2 Å². The van der Waals surface area contributed by atoms with Crippen molar-refractivity contribution in [2.45, 2.75) is 38.5 Å². The number of nitrogens with two attached hydrogens (primary N) is 1. The van der Waals surface area contributed by atoms with E-state index >= 15 is 0 Å². The second kappa shape index (κ2) is 5.63. The number of aromatic nitrogens is 3. The number of nitrogens with one attached hydrogen (secondary N) is 1. The minimum absolute atomic E-state index is 0.547. The molecule has 5 heteroatoms. The lowest BCUT2D eigenvalue weighted by atomic mass is 10.1. The first-order chi connectivity index (χ1) is 7.86. The number of H-pyrrole nitrogens is 1. The van der Waals surface area contributed by atoms with Crippen LogP contribution in [0.2, 0.25) is 0 Å². The van der Waals surface area contributed by atoms with Gasteiger partial charge in [0.15, 0.2) is 0 Å². The zero-order valence-corrected chi connectivity index (χ0v) is 9.52. The SMILES string of the molecule is NC(=NCCCc1ncn[nH]1)C1CCCC1. The van der Waals surface area contributed by atoms with E-state index in [1.807, 2.05) is 0 Å². The Morgan fingerprint density at radius 3 is 3.00 bits per heavy atom. The van der Waals surface area contributed by atoms with Gasteiger partial charge in [0, 0.05) is 18.9 Å². The van der Waals surface area contributed by atoms with E-state index in [-0.39, 0.29) is 0 Å². The average molecular weight is 221 g/mol. The minimum Gasteiger partial charge on any atom is -0.387 e. The molecule has 0 aliphatic heterocycles. The van der Waals surface area contributed by atoms with Crippen molar-refractivity contribution in [1.29, 1.82) is 0 Å². The molecule has 1 saturated carbocycles. The van der Waals surface area contributed by atoms with Gasteiger partial charge in [-0.1, -0.05) is 12.8 Å². The Morgan fingerprint density at radius 2 is 2.31 bits per heavy atom. The smallest absolute Gasteiger partial charge is 0.137 e. The highest BCUT2D eigenvalue weighted by Gasteiger charge is 2.17. The van der Waals surface area contributed by atoms with E-state index in [4.69, 9.17) is 5.73 Å². The van der Waals surface area contributed by atoms with Gasteiger partial charge in [0.1, 0.15) is 12.2 Å². The Balaban J connectivity index is 1.68. The fourth-order valence-corrected chi connectivity index (χ4v) is 2.16. The second-order valence-electron chi connectivity index (χ2n) is 4.32. The van der Waals surface area contributed by atoms with E-state index in [1.54, 1.807) is 0 Å². The first-order valence-corrected chi connectivity index (χ1v) is 6.00. The third-order valence-corrected chi connectivity index (χ3v) is 3.10. The molecule has 1 heterocycles. The van der Waals surface area contributed by atoms with Gasteiger partial charge in [-0.2, -0.15) is 5.10 Å². The number of nitrogens with zero attached hydrogens (tertiary/aromatic N) is 3. The standard InChI is InChI=1S/C11H19N5/c12-11(9-4-1-2-5-9)13-7-3-6-10-14-8-15-16-10/h8-9H,1-7H2,(H2,12,13)(H,14,15,16). The predicted molar refractivity (Wildman–Crippen MR) is 63.2 cm³/mol. The molecule has 0 radical (unpaired) electrons. The largest absolute Gasteiger partial charge is 0.387 e. The first kappa shape index (κ1) is 11.1. The van der Waals surface area contributed by atoms with Crippen LogP contribution in [0.4, 0.5) is 0 Å². The minimum atomic E-state index is 0.547.